The van der Waals surface area contributed by atoms with Crippen molar-refractivity contribution in [2.24, 2.45) is 0 Å². The summed E-state index contributed by atoms with van der Waals surface area (Å²) in [6, 6.07) is 3.25. The van der Waals surface area contributed by atoms with Gasteiger partial charge in [-0.15, -0.1) is 0 Å². The summed E-state index contributed by atoms with van der Waals surface area (Å²) in [6.45, 7) is 0.0571. The van der Waals surface area contributed by atoms with Gasteiger partial charge in [-0.25, -0.2) is 8.78 Å². The van der Waals surface area contributed by atoms with Gasteiger partial charge in [0.25, 0.3) is 6.43 Å². The molecule has 1 rings (SSSR count). The number of halogens is 2. The first-order chi connectivity index (χ1) is 7.06. The Morgan fingerprint density at radius 1 is 1.53 bits per heavy atom. The van der Waals surface area contributed by atoms with E-state index >= 15 is 0 Å². The van der Waals surface area contributed by atoms with Crippen molar-refractivity contribution in [3.8, 4) is 5.75 Å². The molecule has 0 aromatic heterocycles. The number of carbonyl (C=O) groups is 1. The van der Waals surface area contributed by atoms with Crippen LogP contribution in [0, 0.1) is 0 Å². The van der Waals surface area contributed by atoms with Gasteiger partial charge in [-0.05, 0) is 19.2 Å². The summed E-state index contributed by atoms with van der Waals surface area (Å²) in [5, 5.41) is 12.0. The van der Waals surface area contributed by atoms with Crippen molar-refractivity contribution in [2.45, 2.75) is 6.43 Å². The fourth-order valence-electron chi connectivity index (χ4n) is 1.18. The lowest BCUT2D eigenvalue weighted by Crippen LogP contribution is -2.18. The molecule has 0 heterocycles. The van der Waals surface area contributed by atoms with Gasteiger partial charge in [0.2, 0.25) is 0 Å². The van der Waals surface area contributed by atoms with E-state index in [9.17, 15) is 18.7 Å². The number of likely N-dealkylation sites (N-methyl/N-ethyl adjacent to an activating group) is 1. The molecule has 15 heavy (non-hydrogen) atoms. The molecular weight excluding hydrogens is 204 g/mol. The molecule has 0 fully saturated rings. The van der Waals surface area contributed by atoms with Crippen LogP contribution in [0.5, 0.6) is 5.75 Å². The van der Waals surface area contributed by atoms with E-state index in [1.165, 1.54) is 6.07 Å². The first-order valence-corrected chi connectivity index (χ1v) is 4.35. The Balaban J connectivity index is 2.98. The highest BCUT2D eigenvalue weighted by Crippen LogP contribution is 2.25. The molecule has 2 N–H and O–H groups in total. The van der Waals surface area contributed by atoms with Crippen molar-refractivity contribution in [1.82, 2.24) is 5.32 Å². The van der Waals surface area contributed by atoms with Crippen LogP contribution in [0.15, 0.2) is 18.2 Å². The maximum atomic E-state index is 12.2. The van der Waals surface area contributed by atoms with Crippen LogP contribution in [0.2, 0.25) is 0 Å². The van der Waals surface area contributed by atoms with Crippen molar-refractivity contribution in [2.75, 3.05) is 13.6 Å². The van der Waals surface area contributed by atoms with Crippen LogP contribution in [0.1, 0.15) is 22.3 Å². The average Bonchev–Trinajstić information content (AvgIpc) is 2.17. The summed E-state index contributed by atoms with van der Waals surface area (Å²) in [4.78, 5) is 11.3. The van der Waals surface area contributed by atoms with E-state index in [-0.39, 0.29) is 23.5 Å². The standard InChI is InChI=1S/C10H11F2NO2/c1-13-5-9(15)7-3-2-6(10(11)12)4-8(7)14/h2-4,10,13-14H,5H2,1H3. The molecule has 0 atom stereocenters. The second kappa shape index (κ2) is 4.84. The molecule has 82 valence electrons. The highest BCUT2D eigenvalue weighted by molar-refractivity contribution is 6.00. The van der Waals surface area contributed by atoms with Gasteiger partial charge in [-0.1, -0.05) is 6.07 Å². The minimum Gasteiger partial charge on any atom is -0.507 e. The molecule has 0 unspecified atom stereocenters. The fraction of sp³-hybridized carbons (Fsp3) is 0.300. The van der Waals surface area contributed by atoms with Crippen LogP contribution in [-0.4, -0.2) is 24.5 Å². The summed E-state index contributed by atoms with van der Waals surface area (Å²) in [5.41, 5.74) is -0.248. The van der Waals surface area contributed by atoms with Crippen molar-refractivity contribution in [3.05, 3.63) is 29.3 Å². The number of phenols is 1. The van der Waals surface area contributed by atoms with Gasteiger partial charge in [0, 0.05) is 5.56 Å². The lowest BCUT2D eigenvalue weighted by Gasteiger charge is -2.05. The molecule has 3 nitrogen and oxygen atoms in total. The number of benzene rings is 1. The van der Waals surface area contributed by atoms with E-state index in [2.05, 4.69) is 5.32 Å². The second-order valence-electron chi connectivity index (χ2n) is 3.03. The quantitative estimate of drug-likeness (QED) is 0.752. The number of carbonyl (C=O) groups excluding carboxylic acids is 1. The number of ketones is 1. The fourth-order valence-corrected chi connectivity index (χ4v) is 1.18. The summed E-state index contributed by atoms with van der Waals surface area (Å²) in [7, 11) is 1.59. The molecule has 0 saturated carbocycles. The molecule has 5 heteroatoms. The van der Waals surface area contributed by atoms with Gasteiger partial charge in [0.1, 0.15) is 5.75 Å². The largest absolute Gasteiger partial charge is 0.507 e. The van der Waals surface area contributed by atoms with E-state index in [0.29, 0.717) is 0 Å². The molecule has 0 spiro atoms. The minimum atomic E-state index is -2.65. The number of alkyl halides is 2. The maximum absolute atomic E-state index is 12.2. The summed E-state index contributed by atoms with van der Waals surface area (Å²) in [5.74, 6) is -0.746. The topological polar surface area (TPSA) is 49.3 Å². The number of aromatic hydroxyl groups is 1. The number of rotatable bonds is 4. The van der Waals surface area contributed by atoms with E-state index in [1.54, 1.807) is 7.05 Å². The van der Waals surface area contributed by atoms with E-state index in [4.69, 9.17) is 0 Å². The van der Waals surface area contributed by atoms with E-state index < -0.39 is 12.2 Å². The third-order valence-electron chi connectivity index (χ3n) is 1.91. The highest BCUT2D eigenvalue weighted by Gasteiger charge is 2.14. The zero-order chi connectivity index (χ0) is 11.4. The van der Waals surface area contributed by atoms with Gasteiger partial charge in [-0.3, -0.25) is 4.79 Å². The molecule has 0 radical (unpaired) electrons. The van der Waals surface area contributed by atoms with Crippen LogP contribution in [0.25, 0.3) is 0 Å². The molecule has 0 aliphatic rings. The van der Waals surface area contributed by atoms with Crippen molar-refractivity contribution < 1.29 is 18.7 Å². The number of hydrogen-bond donors (Lipinski definition) is 2. The Hall–Kier alpha value is -1.49. The first kappa shape index (κ1) is 11.6. The molecule has 0 bridgehead atoms. The molecule has 0 amide bonds. The number of phenolic OH excluding ortho intramolecular Hbond substituents is 1. The van der Waals surface area contributed by atoms with Gasteiger partial charge < -0.3 is 10.4 Å². The van der Waals surface area contributed by atoms with Gasteiger partial charge in [0.15, 0.2) is 5.78 Å². The summed E-state index contributed by atoms with van der Waals surface area (Å²) in [6.07, 6.45) is -2.65. The van der Waals surface area contributed by atoms with Gasteiger partial charge in [-0.2, -0.15) is 0 Å². The van der Waals surface area contributed by atoms with Crippen LogP contribution in [0.3, 0.4) is 0 Å². The third-order valence-corrected chi connectivity index (χ3v) is 1.91. The smallest absolute Gasteiger partial charge is 0.263 e. The van der Waals surface area contributed by atoms with Gasteiger partial charge >= 0.3 is 0 Å². The molecular formula is C10H11F2NO2. The lowest BCUT2D eigenvalue weighted by molar-refractivity contribution is 0.0990. The van der Waals surface area contributed by atoms with Gasteiger partial charge in [0.05, 0.1) is 12.1 Å². The normalized spacial score (nSPS) is 10.7. The van der Waals surface area contributed by atoms with Crippen LogP contribution >= 0.6 is 0 Å². The highest BCUT2D eigenvalue weighted by atomic mass is 19.3. The molecule has 1 aromatic rings. The van der Waals surface area contributed by atoms with Crippen LogP contribution in [0.4, 0.5) is 8.78 Å². The van der Waals surface area contributed by atoms with Crippen LogP contribution in [-0.2, 0) is 0 Å². The zero-order valence-corrected chi connectivity index (χ0v) is 8.13. The zero-order valence-electron chi connectivity index (χ0n) is 8.13. The molecule has 0 saturated heterocycles. The number of nitrogens with one attached hydrogen (secondary N) is 1. The maximum Gasteiger partial charge on any atom is 0.263 e. The average molecular weight is 215 g/mol. The number of hydrogen-bond acceptors (Lipinski definition) is 3. The van der Waals surface area contributed by atoms with Crippen molar-refractivity contribution >= 4 is 5.78 Å². The van der Waals surface area contributed by atoms with Crippen molar-refractivity contribution in [3.63, 3.8) is 0 Å². The molecule has 1 aromatic carbocycles. The van der Waals surface area contributed by atoms with E-state index in [1.807, 2.05) is 0 Å². The lowest BCUT2D eigenvalue weighted by atomic mass is 10.1. The van der Waals surface area contributed by atoms with Crippen molar-refractivity contribution in [1.29, 1.82) is 0 Å². The Morgan fingerprint density at radius 3 is 2.67 bits per heavy atom. The Morgan fingerprint density at radius 2 is 2.20 bits per heavy atom. The SMILES string of the molecule is CNCC(=O)c1ccc(C(F)F)cc1O. The third kappa shape index (κ3) is 2.73. The number of Topliss-reactive ketones (excluding diaryl/α,β-unsaturated/α-hetero) is 1. The second-order valence-corrected chi connectivity index (χ2v) is 3.03. The van der Waals surface area contributed by atoms with E-state index in [0.717, 1.165) is 12.1 Å². The molecule has 0 aliphatic carbocycles. The first-order valence-electron chi connectivity index (χ1n) is 4.35. The minimum absolute atomic E-state index is 0.0498. The monoisotopic (exact) mass is 215 g/mol. The summed E-state index contributed by atoms with van der Waals surface area (Å²) < 4.78 is 24.4. The predicted molar refractivity (Wildman–Crippen MR) is 51.3 cm³/mol. The van der Waals surface area contributed by atoms with Crippen LogP contribution < -0.4 is 5.32 Å². The summed E-state index contributed by atoms with van der Waals surface area (Å²) >= 11 is 0. The Bertz CT molecular complexity index is 366. The Labute approximate surface area is 85.7 Å². The Kier molecular flexibility index (Phi) is 3.74. The predicted octanol–water partition coefficient (Wildman–Crippen LogP) is 1.73. The molecule has 0 aliphatic heterocycles.